The van der Waals surface area contributed by atoms with E-state index in [2.05, 4.69) is 37.8 Å². The minimum absolute atomic E-state index is 0. The maximum Gasteiger partial charge on any atom is 2.00 e. The van der Waals surface area contributed by atoms with Crippen LogP contribution in [0.25, 0.3) is 0 Å². The van der Waals surface area contributed by atoms with E-state index in [1.54, 1.807) is 0 Å². The third-order valence-electron chi connectivity index (χ3n) is 1.91. The predicted molar refractivity (Wildman–Crippen MR) is 63.6 cm³/mol. The van der Waals surface area contributed by atoms with Gasteiger partial charge in [-0.3, -0.25) is 0 Å². The second kappa shape index (κ2) is 8.06. The van der Waals surface area contributed by atoms with Crippen LogP contribution in [-0.4, -0.2) is 41.1 Å². The Labute approximate surface area is 117 Å². The van der Waals surface area contributed by atoms with Crippen molar-refractivity contribution in [3.05, 3.63) is 30.3 Å². The number of hydrogen-bond acceptors (Lipinski definition) is 1. The summed E-state index contributed by atoms with van der Waals surface area (Å²) in [4.78, 5) is 0. The van der Waals surface area contributed by atoms with Crippen LogP contribution in [0.5, 0.6) is 0 Å². The van der Waals surface area contributed by atoms with Crippen LogP contribution in [0.3, 0.4) is 0 Å². The minimum atomic E-state index is -1.55. The summed E-state index contributed by atoms with van der Waals surface area (Å²) < 4.78 is 5.87. The predicted octanol–water partition coefficient (Wildman–Crippen LogP) is -2.33. The fourth-order valence-electron chi connectivity index (χ4n) is 1.21. The molecule has 0 heterocycles. The molecule has 0 spiro atoms. The molecular formula is C9H15BrMgOSi2. The normalized spacial score (nSPS) is 10.8. The van der Waals surface area contributed by atoms with Crippen LogP contribution in [0.15, 0.2) is 24.3 Å². The second-order valence-corrected chi connectivity index (χ2v) is 8.57. The quantitative estimate of drug-likeness (QED) is 0.449. The van der Waals surface area contributed by atoms with E-state index in [9.17, 15) is 0 Å². The molecule has 0 aromatic heterocycles. The van der Waals surface area contributed by atoms with Gasteiger partial charge in [-0.2, -0.15) is 30.3 Å². The number of benzene rings is 1. The standard InChI is InChI=1S/C9H15OSi2.BrH.Mg/c1-11-10-12(2,3)9-7-5-4-6-8-9;;/h4-5,7-8H,11H2,1-3H3;1H;/q-1;;+2/p-1. The Kier molecular flexibility index (Phi) is 9.94. The Balaban J connectivity index is 0. The smallest absolute Gasteiger partial charge is 1.00 e. The average molecular weight is 300 g/mol. The molecule has 14 heavy (non-hydrogen) atoms. The average Bonchev–Trinajstić information content (AvgIpc) is 2.06. The van der Waals surface area contributed by atoms with Gasteiger partial charge in [0.25, 0.3) is 0 Å². The molecule has 1 nitrogen and oxygen atoms in total. The van der Waals surface area contributed by atoms with Crippen LogP contribution >= 0.6 is 0 Å². The zero-order valence-electron chi connectivity index (χ0n) is 9.01. The Morgan fingerprint density at radius 2 is 2.07 bits per heavy atom. The number of halogens is 1. The topological polar surface area (TPSA) is 9.23 Å². The van der Waals surface area contributed by atoms with Crippen LogP contribution in [0.1, 0.15) is 0 Å². The summed E-state index contributed by atoms with van der Waals surface area (Å²) in [5.74, 6) is 0. The van der Waals surface area contributed by atoms with Crippen LogP contribution in [0.4, 0.5) is 0 Å². The van der Waals surface area contributed by atoms with Crippen LogP contribution in [-0.2, 0) is 4.12 Å². The molecule has 0 saturated heterocycles. The van der Waals surface area contributed by atoms with Gasteiger partial charge in [-0.15, -0.1) is 5.19 Å². The van der Waals surface area contributed by atoms with E-state index in [1.165, 1.54) is 5.19 Å². The Hall–Kier alpha value is 0.860. The molecule has 0 aliphatic carbocycles. The van der Waals surface area contributed by atoms with Crippen LogP contribution in [0, 0.1) is 6.07 Å². The maximum absolute atomic E-state index is 5.87. The molecule has 0 unspecified atom stereocenters. The molecule has 5 heteroatoms. The van der Waals surface area contributed by atoms with Gasteiger partial charge in [-0.1, -0.05) is 19.6 Å². The van der Waals surface area contributed by atoms with Crippen molar-refractivity contribution in [3.8, 4) is 0 Å². The summed E-state index contributed by atoms with van der Waals surface area (Å²) in [7, 11) is -1.84. The zero-order valence-corrected chi connectivity index (χ0v) is 14.4. The molecule has 0 radical (unpaired) electrons. The fourth-order valence-corrected chi connectivity index (χ4v) is 5.69. The second-order valence-electron chi connectivity index (χ2n) is 3.24. The molecule has 74 valence electrons. The molecule has 1 aromatic rings. The number of rotatable bonds is 3. The first kappa shape index (κ1) is 17.3. The third-order valence-corrected chi connectivity index (χ3v) is 7.65. The Morgan fingerprint density at radius 1 is 1.43 bits per heavy atom. The van der Waals surface area contributed by atoms with Gasteiger partial charge in [0.05, 0.1) is 0 Å². The molecule has 1 aromatic carbocycles. The molecule has 0 amide bonds. The summed E-state index contributed by atoms with van der Waals surface area (Å²) in [6, 6.07) is 11.3. The van der Waals surface area contributed by atoms with E-state index in [0.717, 1.165) is 0 Å². The molecule has 0 fully saturated rings. The first-order valence-corrected chi connectivity index (χ1v) is 9.17. The van der Waals surface area contributed by atoms with E-state index >= 15 is 0 Å². The first-order valence-electron chi connectivity index (χ1n) is 4.27. The van der Waals surface area contributed by atoms with Gasteiger partial charge in [0.15, 0.2) is 0 Å². The van der Waals surface area contributed by atoms with Gasteiger partial charge in [0.1, 0.15) is 18.1 Å². The van der Waals surface area contributed by atoms with Crippen LogP contribution < -0.4 is 22.2 Å². The zero-order chi connectivity index (χ0) is 9.03. The molecular weight excluding hydrogens is 284 g/mol. The van der Waals surface area contributed by atoms with Gasteiger partial charge >= 0.3 is 23.1 Å². The summed E-state index contributed by atoms with van der Waals surface area (Å²) in [6.45, 7) is 6.67. The first-order chi connectivity index (χ1) is 5.67. The van der Waals surface area contributed by atoms with Crippen molar-refractivity contribution < 1.29 is 21.1 Å². The summed E-state index contributed by atoms with van der Waals surface area (Å²) in [6.07, 6.45) is 0. The van der Waals surface area contributed by atoms with Gasteiger partial charge < -0.3 is 21.1 Å². The Morgan fingerprint density at radius 3 is 2.50 bits per heavy atom. The minimum Gasteiger partial charge on any atom is -1.00 e. The van der Waals surface area contributed by atoms with Gasteiger partial charge in [0.2, 0.25) is 0 Å². The summed E-state index contributed by atoms with van der Waals surface area (Å²) in [5.41, 5.74) is 0. The van der Waals surface area contributed by atoms with Crippen molar-refractivity contribution in [2.45, 2.75) is 19.6 Å². The van der Waals surface area contributed by atoms with E-state index in [-0.39, 0.29) is 49.8 Å². The van der Waals surface area contributed by atoms with Gasteiger partial charge in [-0.25, -0.2) is 0 Å². The van der Waals surface area contributed by atoms with E-state index < -0.39 is 8.32 Å². The molecule has 0 N–H and O–H groups in total. The van der Waals surface area contributed by atoms with E-state index in [4.69, 9.17) is 4.12 Å². The maximum atomic E-state index is 5.87. The molecule has 0 atom stereocenters. The fraction of sp³-hybridized carbons (Fsp3) is 0.333. The molecule has 0 aliphatic heterocycles. The van der Waals surface area contributed by atoms with Crippen molar-refractivity contribution in [1.29, 1.82) is 0 Å². The monoisotopic (exact) mass is 298 g/mol. The number of hydrogen-bond donors (Lipinski definition) is 0. The molecule has 0 bridgehead atoms. The van der Waals surface area contributed by atoms with E-state index in [0.29, 0.717) is 0 Å². The van der Waals surface area contributed by atoms with E-state index in [1.807, 2.05) is 12.1 Å². The van der Waals surface area contributed by atoms with Crippen molar-refractivity contribution in [2.24, 2.45) is 0 Å². The Bertz CT molecular complexity index is 244. The largest absolute Gasteiger partial charge is 2.00 e. The van der Waals surface area contributed by atoms with Crippen molar-refractivity contribution in [2.75, 3.05) is 0 Å². The third kappa shape index (κ3) is 5.09. The van der Waals surface area contributed by atoms with Gasteiger partial charge in [0, 0.05) is 0 Å². The van der Waals surface area contributed by atoms with Crippen molar-refractivity contribution in [1.82, 2.24) is 0 Å². The van der Waals surface area contributed by atoms with Crippen molar-refractivity contribution in [3.63, 3.8) is 0 Å². The molecule has 1 rings (SSSR count). The van der Waals surface area contributed by atoms with Gasteiger partial charge in [-0.05, 0) is 0 Å². The van der Waals surface area contributed by atoms with Crippen LogP contribution in [0.2, 0.25) is 19.6 Å². The summed E-state index contributed by atoms with van der Waals surface area (Å²) >= 11 is 0. The molecule has 0 saturated carbocycles. The SMILES string of the molecule is C[SiH2]O[Si](C)(C)c1c[c-]ccc1.[Br-].[Mg+2]. The molecule has 0 aliphatic rings. The summed E-state index contributed by atoms with van der Waals surface area (Å²) in [5, 5.41) is 1.35. The van der Waals surface area contributed by atoms with Crippen molar-refractivity contribution >= 4 is 46.3 Å².